The zero-order chi connectivity index (χ0) is 11.9. The summed E-state index contributed by atoms with van der Waals surface area (Å²) in [7, 11) is 0. The van der Waals surface area contributed by atoms with Crippen molar-refractivity contribution in [2.24, 2.45) is 0 Å². The van der Waals surface area contributed by atoms with Crippen LogP contribution in [0.3, 0.4) is 0 Å². The van der Waals surface area contributed by atoms with Crippen LogP contribution in [0, 0.1) is 13.8 Å². The van der Waals surface area contributed by atoms with Crippen molar-refractivity contribution in [1.82, 2.24) is 0 Å². The second-order valence-corrected chi connectivity index (χ2v) is 5.04. The molecule has 0 saturated heterocycles. The molecule has 3 nitrogen and oxygen atoms in total. The second kappa shape index (κ2) is 3.88. The molecule has 16 heavy (non-hydrogen) atoms. The van der Waals surface area contributed by atoms with Gasteiger partial charge in [0.15, 0.2) is 6.10 Å². The number of thiophene rings is 1. The van der Waals surface area contributed by atoms with Crippen molar-refractivity contribution in [3.8, 4) is 0 Å². The van der Waals surface area contributed by atoms with Crippen LogP contribution < -0.4 is 0 Å². The van der Waals surface area contributed by atoms with Gasteiger partial charge < -0.3 is 10.2 Å². The molecule has 2 aromatic rings. The predicted octanol–water partition coefficient (Wildman–Crippen LogP) is 2.64. The van der Waals surface area contributed by atoms with E-state index in [0.717, 1.165) is 10.1 Å². The summed E-state index contributed by atoms with van der Waals surface area (Å²) in [5.41, 5.74) is 1.65. The molecule has 0 radical (unpaired) electrons. The van der Waals surface area contributed by atoms with E-state index >= 15 is 0 Å². The SMILES string of the molecule is Cc1sc2cc(C(O)C(=O)O)ccc2c1C. The largest absolute Gasteiger partial charge is 0.479 e. The summed E-state index contributed by atoms with van der Waals surface area (Å²) in [6.45, 7) is 4.08. The Morgan fingerprint density at radius 1 is 1.38 bits per heavy atom. The highest BCUT2D eigenvalue weighted by Crippen LogP contribution is 2.32. The highest BCUT2D eigenvalue weighted by atomic mass is 32.1. The lowest BCUT2D eigenvalue weighted by Gasteiger charge is -2.05. The molecule has 0 bridgehead atoms. The quantitative estimate of drug-likeness (QED) is 0.842. The molecule has 1 atom stereocenters. The molecule has 1 aromatic carbocycles. The van der Waals surface area contributed by atoms with Gasteiger partial charge in [0.2, 0.25) is 0 Å². The number of aliphatic carboxylic acids is 1. The Kier molecular flexibility index (Phi) is 2.69. The third-order valence-corrected chi connectivity index (χ3v) is 3.92. The first-order valence-corrected chi connectivity index (χ1v) is 5.73. The van der Waals surface area contributed by atoms with Gasteiger partial charge in [-0.1, -0.05) is 12.1 Å². The molecule has 0 aliphatic rings. The molecule has 0 spiro atoms. The van der Waals surface area contributed by atoms with Gasteiger partial charge in [0.25, 0.3) is 0 Å². The Balaban J connectivity index is 2.56. The highest BCUT2D eigenvalue weighted by molar-refractivity contribution is 7.19. The Labute approximate surface area is 97.0 Å². The number of aryl methyl sites for hydroxylation is 2. The lowest BCUT2D eigenvalue weighted by Crippen LogP contribution is -2.09. The summed E-state index contributed by atoms with van der Waals surface area (Å²) in [6.07, 6.45) is -1.44. The van der Waals surface area contributed by atoms with E-state index in [1.165, 1.54) is 10.4 Å². The zero-order valence-corrected chi connectivity index (χ0v) is 9.84. The van der Waals surface area contributed by atoms with Crippen LogP contribution >= 0.6 is 11.3 Å². The Bertz CT molecular complexity index is 557. The molecule has 0 aliphatic heterocycles. The van der Waals surface area contributed by atoms with Crippen LogP contribution in [0.2, 0.25) is 0 Å². The summed E-state index contributed by atoms with van der Waals surface area (Å²) in [4.78, 5) is 11.9. The normalized spacial score (nSPS) is 12.9. The Morgan fingerprint density at radius 2 is 2.06 bits per heavy atom. The molecule has 1 unspecified atom stereocenters. The first-order valence-electron chi connectivity index (χ1n) is 4.91. The van der Waals surface area contributed by atoms with Crippen LogP contribution in [-0.2, 0) is 4.79 Å². The number of carboxylic acid groups (broad SMARTS) is 1. The average Bonchev–Trinajstić information content (AvgIpc) is 2.53. The van der Waals surface area contributed by atoms with E-state index < -0.39 is 12.1 Å². The van der Waals surface area contributed by atoms with Crippen molar-refractivity contribution in [3.63, 3.8) is 0 Å². The van der Waals surface area contributed by atoms with E-state index in [0.29, 0.717) is 5.56 Å². The van der Waals surface area contributed by atoms with Gasteiger partial charge in [-0.25, -0.2) is 4.79 Å². The monoisotopic (exact) mass is 236 g/mol. The van der Waals surface area contributed by atoms with Crippen molar-refractivity contribution in [3.05, 3.63) is 34.2 Å². The number of fused-ring (bicyclic) bond motifs is 1. The molecule has 1 heterocycles. The fourth-order valence-electron chi connectivity index (χ4n) is 1.68. The number of hydrogen-bond donors (Lipinski definition) is 2. The molecule has 0 saturated carbocycles. The standard InChI is InChI=1S/C12H12O3S/c1-6-7(2)16-10-5-8(3-4-9(6)10)11(13)12(14)15/h3-5,11,13H,1-2H3,(H,14,15). The van der Waals surface area contributed by atoms with E-state index in [1.54, 1.807) is 23.5 Å². The fraction of sp³-hybridized carbons (Fsp3) is 0.250. The van der Waals surface area contributed by atoms with Gasteiger partial charge in [-0.05, 0) is 36.4 Å². The maximum absolute atomic E-state index is 10.7. The average molecular weight is 236 g/mol. The molecule has 0 amide bonds. The third-order valence-electron chi connectivity index (χ3n) is 2.75. The minimum Gasteiger partial charge on any atom is -0.479 e. The topological polar surface area (TPSA) is 57.5 Å². The lowest BCUT2D eigenvalue weighted by atomic mass is 10.1. The predicted molar refractivity (Wildman–Crippen MR) is 63.9 cm³/mol. The van der Waals surface area contributed by atoms with Crippen LogP contribution in [0.15, 0.2) is 18.2 Å². The van der Waals surface area contributed by atoms with Crippen molar-refractivity contribution >= 4 is 27.4 Å². The number of carboxylic acids is 1. The smallest absolute Gasteiger partial charge is 0.337 e. The van der Waals surface area contributed by atoms with Gasteiger partial charge in [0, 0.05) is 9.58 Å². The minimum absolute atomic E-state index is 0.432. The van der Waals surface area contributed by atoms with E-state index in [-0.39, 0.29) is 0 Å². The van der Waals surface area contributed by atoms with Crippen LogP contribution in [0.4, 0.5) is 0 Å². The molecular weight excluding hydrogens is 224 g/mol. The molecule has 2 N–H and O–H groups in total. The Hall–Kier alpha value is -1.39. The number of aliphatic hydroxyl groups excluding tert-OH is 1. The molecule has 2 rings (SSSR count). The first-order chi connectivity index (χ1) is 7.50. The summed E-state index contributed by atoms with van der Waals surface area (Å²) in [6, 6.07) is 5.29. The van der Waals surface area contributed by atoms with Gasteiger partial charge >= 0.3 is 5.97 Å². The van der Waals surface area contributed by atoms with Crippen LogP contribution in [0.1, 0.15) is 22.1 Å². The van der Waals surface area contributed by atoms with E-state index in [1.807, 2.05) is 19.9 Å². The van der Waals surface area contributed by atoms with Gasteiger partial charge in [-0.3, -0.25) is 0 Å². The van der Waals surface area contributed by atoms with E-state index in [9.17, 15) is 9.90 Å². The molecule has 84 valence electrons. The summed E-state index contributed by atoms with van der Waals surface area (Å²) in [5, 5.41) is 19.3. The van der Waals surface area contributed by atoms with Crippen molar-refractivity contribution < 1.29 is 15.0 Å². The lowest BCUT2D eigenvalue weighted by molar-refractivity contribution is -0.146. The first kappa shape index (κ1) is 11.1. The molecule has 4 heteroatoms. The number of hydrogen-bond acceptors (Lipinski definition) is 3. The van der Waals surface area contributed by atoms with E-state index in [4.69, 9.17) is 5.11 Å². The van der Waals surface area contributed by atoms with Crippen molar-refractivity contribution in [1.29, 1.82) is 0 Å². The number of rotatable bonds is 2. The highest BCUT2D eigenvalue weighted by Gasteiger charge is 2.16. The summed E-state index contributed by atoms with van der Waals surface area (Å²) < 4.78 is 1.02. The van der Waals surface area contributed by atoms with Crippen LogP contribution in [0.5, 0.6) is 0 Å². The van der Waals surface area contributed by atoms with Gasteiger partial charge in [-0.15, -0.1) is 11.3 Å². The van der Waals surface area contributed by atoms with Crippen LogP contribution in [-0.4, -0.2) is 16.2 Å². The van der Waals surface area contributed by atoms with Gasteiger partial charge in [0.05, 0.1) is 0 Å². The van der Waals surface area contributed by atoms with Gasteiger partial charge in [0.1, 0.15) is 0 Å². The zero-order valence-electron chi connectivity index (χ0n) is 9.02. The third kappa shape index (κ3) is 1.70. The van der Waals surface area contributed by atoms with E-state index in [2.05, 4.69) is 0 Å². The van der Waals surface area contributed by atoms with Crippen LogP contribution in [0.25, 0.3) is 10.1 Å². The number of aliphatic hydroxyl groups is 1. The maximum Gasteiger partial charge on any atom is 0.337 e. The Morgan fingerprint density at radius 3 is 2.69 bits per heavy atom. The van der Waals surface area contributed by atoms with Crippen molar-refractivity contribution in [2.45, 2.75) is 20.0 Å². The number of carbonyl (C=O) groups is 1. The van der Waals surface area contributed by atoms with Crippen molar-refractivity contribution in [2.75, 3.05) is 0 Å². The molecule has 0 fully saturated rings. The minimum atomic E-state index is -1.44. The fourth-order valence-corrected chi connectivity index (χ4v) is 2.80. The second-order valence-electron chi connectivity index (χ2n) is 3.78. The summed E-state index contributed by atoms with van der Waals surface area (Å²) >= 11 is 1.62. The number of benzene rings is 1. The molecule has 0 aliphatic carbocycles. The molecule has 1 aromatic heterocycles. The summed E-state index contributed by atoms with van der Waals surface area (Å²) in [5.74, 6) is -1.22. The maximum atomic E-state index is 10.7. The van der Waals surface area contributed by atoms with Gasteiger partial charge in [-0.2, -0.15) is 0 Å². The molecular formula is C12H12O3S.